The number of fused-ring (bicyclic) bond motifs is 2. The Kier molecular flexibility index (Phi) is 6.48. The summed E-state index contributed by atoms with van der Waals surface area (Å²) in [5.41, 5.74) is 1.43. The summed E-state index contributed by atoms with van der Waals surface area (Å²) >= 11 is 6.09. The molecule has 178 valence electrons. The molecule has 5 rings (SSSR count). The second-order valence-corrected chi connectivity index (χ2v) is 9.34. The zero-order chi connectivity index (χ0) is 23.5. The molecule has 0 bridgehead atoms. The predicted octanol–water partition coefficient (Wildman–Crippen LogP) is 3.95. The number of amides is 2. The molecular weight excluding hydrogens is 454 g/mol. The van der Waals surface area contributed by atoms with Crippen LogP contribution in [0.1, 0.15) is 35.3 Å². The van der Waals surface area contributed by atoms with Crippen LogP contribution < -0.4 is 10.1 Å². The van der Waals surface area contributed by atoms with E-state index >= 15 is 0 Å². The average Bonchev–Trinajstić information content (AvgIpc) is 3.27. The van der Waals surface area contributed by atoms with Crippen molar-refractivity contribution < 1.29 is 19.1 Å². The van der Waals surface area contributed by atoms with Crippen molar-refractivity contribution in [1.82, 2.24) is 15.2 Å². The fraction of sp³-hybridized carbons (Fsp3) is 0.385. The van der Waals surface area contributed by atoms with Crippen LogP contribution in [0.15, 0.2) is 48.5 Å². The molecule has 34 heavy (non-hydrogen) atoms. The molecule has 1 fully saturated rings. The number of rotatable bonds is 1. The van der Waals surface area contributed by atoms with Gasteiger partial charge in [0, 0.05) is 22.5 Å². The first-order chi connectivity index (χ1) is 16.5. The van der Waals surface area contributed by atoms with Gasteiger partial charge in [-0.3, -0.25) is 9.59 Å². The van der Waals surface area contributed by atoms with Crippen molar-refractivity contribution in [2.75, 3.05) is 32.8 Å². The largest absolute Gasteiger partial charge is 0.491 e. The molecule has 0 radical (unpaired) electrons. The Morgan fingerprint density at radius 3 is 2.88 bits per heavy atom. The lowest BCUT2D eigenvalue weighted by Gasteiger charge is -2.41. The first-order valence-electron chi connectivity index (χ1n) is 11.7. The van der Waals surface area contributed by atoms with Gasteiger partial charge in [-0.15, -0.1) is 0 Å². The summed E-state index contributed by atoms with van der Waals surface area (Å²) in [7, 11) is 0. The normalized spacial score (nSPS) is 21.8. The summed E-state index contributed by atoms with van der Waals surface area (Å²) in [5.74, 6) is 0.536. The first-order valence-corrected chi connectivity index (χ1v) is 12.1. The Labute approximate surface area is 203 Å². The van der Waals surface area contributed by atoms with E-state index in [-0.39, 0.29) is 18.4 Å². The lowest BCUT2D eigenvalue weighted by atomic mass is 9.91. The van der Waals surface area contributed by atoms with Crippen LogP contribution in [0, 0.1) is 0 Å². The third-order valence-electron chi connectivity index (χ3n) is 6.59. The number of morpholine rings is 1. The van der Waals surface area contributed by atoms with E-state index < -0.39 is 5.60 Å². The van der Waals surface area contributed by atoms with Crippen LogP contribution >= 0.6 is 11.6 Å². The maximum atomic E-state index is 13.4. The van der Waals surface area contributed by atoms with Gasteiger partial charge in [0.25, 0.3) is 11.8 Å². The van der Waals surface area contributed by atoms with Gasteiger partial charge in [0.05, 0.1) is 19.7 Å². The predicted molar refractivity (Wildman–Crippen MR) is 130 cm³/mol. The van der Waals surface area contributed by atoms with Crippen molar-refractivity contribution in [2.45, 2.75) is 31.3 Å². The summed E-state index contributed by atoms with van der Waals surface area (Å²) in [6.45, 7) is 1.70. The molecule has 3 heterocycles. The highest BCUT2D eigenvalue weighted by atomic mass is 35.5. The van der Waals surface area contributed by atoms with Crippen molar-refractivity contribution in [3.05, 3.63) is 64.8 Å². The van der Waals surface area contributed by atoms with Gasteiger partial charge < -0.3 is 24.7 Å². The third-order valence-corrected chi connectivity index (χ3v) is 6.83. The number of nitrogens with zero attached hydrogens (tertiary/aromatic N) is 1. The number of aromatic nitrogens is 1. The highest BCUT2D eigenvalue weighted by molar-refractivity contribution is 6.31. The lowest BCUT2D eigenvalue weighted by Crippen LogP contribution is -2.61. The minimum atomic E-state index is -1.07. The van der Waals surface area contributed by atoms with E-state index in [9.17, 15) is 9.59 Å². The fourth-order valence-corrected chi connectivity index (χ4v) is 4.99. The van der Waals surface area contributed by atoms with Crippen molar-refractivity contribution in [1.29, 1.82) is 0 Å². The maximum Gasteiger partial charge on any atom is 0.270 e. The molecule has 2 aliphatic heterocycles. The summed E-state index contributed by atoms with van der Waals surface area (Å²) in [4.78, 5) is 31.5. The van der Waals surface area contributed by atoms with Crippen molar-refractivity contribution in [3.8, 4) is 5.75 Å². The summed E-state index contributed by atoms with van der Waals surface area (Å²) in [6.07, 6.45) is 3.12. The number of nitrogens with one attached hydrogen (secondary N) is 2. The van der Waals surface area contributed by atoms with Gasteiger partial charge in [-0.1, -0.05) is 29.8 Å². The van der Waals surface area contributed by atoms with E-state index in [0.717, 1.165) is 35.9 Å². The monoisotopic (exact) mass is 481 g/mol. The Balaban J connectivity index is 1.33. The topological polar surface area (TPSA) is 83.7 Å². The molecule has 1 saturated heterocycles. The van der Waals surface area contributed by atoms with Crippen molar-refractivity contribution >= 4 is 34.3 Å². The molecule has 0 aliphatic carbocycles. The third kappa shape index (κ3) is 4.63. The van der Waals surface area contributed by atoms with Crippen LogP contribution in [-0.2, 0) is 16.0 Å². The number of benzene rings is 2. The molecular formula is C26H28ClN3O4. The number of halogens is 1. The number of carbonyl (C=O) groups is 2. The molecule has 2 N–H and O–H groups in total. The molecule has 2 amide bonds. The number of para-hydroxylation sites is 1. The number of H-pyrrole nitrogens is 1. The zero-order valence-electron chi connectivity index (χ0n) is 18.9. The molecule has 1 aromatic heterocycles. The van der Waals surface area contributed by atoms with Crippen LogP contribution in [0.25, 0.3) is 10.9 Å². The fourth-order valence-electron chi connectivity index (χ4n) is 4.81. The molecule has 1 unspecified atom stereocenters. The number of aryl methyl sites for hydroxylation is 1. The van der Waals surface area contributed by atoms with Gasteiger partial charge in [0.1, 0.15) is 18.1 Å². The zero-order valence-corrected chi connectivity index (χ0v) is 19.7. The summed E-state index contributed by atoms with van der Waals surface area (Å²) in [6, 6.07) is 15.3. The second kappa shape index (κ2) is 9.68. The van der Waals surface area contributed by atoms with E-state index in [0.29, 0.717) is 43.4 Å². The molecule has 2 aliphatic rings. The average molecular weight is 482 g/mol. The number of aromatic amines is 1. The smallest absolute Gasteiger partial charge is 0.270 e. The van der Waals surface area contributed by atoms with Gasteiger partial charge in [-0.05, 0) is 61.6 Å². The standard InChI is InChI=1S/C26H28ClN3O4/c27-20-8-9-21-19(15-20)16-22(29-21)24(31)30-12-14-34-26(17-30)10-4-3-6-18-5-1-2-7-23(18)33-13-11-28-25(26)32/h1-2,5,7-9,15-16,29H,3-4,6,10-14,17H2,(H,28,32). The number of ether oxygens (including phenoxy) is 2. The van der Waals surface area contributed by atoms with Gasteiger partial charge >= 0.3 is 0 Å². The minimum Gasteiger partial charge on any atom is -0.491 e. The van der Waals surface area contributed by atoms with Crippen molar-refractivity contribution in [2.24, 2.45) is 0 Å². The van der Waals surface area contributed by atoms with E-state index in [1.807, 2.05) is 36.4 Å². The van der Waals surface area contributed by atoms with E-state index in [1.54, 1.807) is 11.0 Å². The quantitative estimate of drug-likeness (QED) is 0.551. The number of carbonyl (C=O) groups excluding carboxylic acids is 2. The Morgan fingerprint density at radius 2 is 1.97 bits per heavy atom. The highest BCUT2D eigenvalue weighted by Gasteiger charge is 2.44. The first kappa shape index (κ1) is 22.7. The van der Waals surface area contributed by atoms with E-state index in [4.69, 9.17) is 21.1 Å². The van der Waals surface area contributed by atoms with Gasteiger partial charge in [-0.25, -0.2) is 0 Å². The van der Waals surface area contributed by atoms with E-state index in [2.05, 4.69) is 16.4 Å². The Bertz CT molecular complexity index is 1210. The highest BCUT2D eigenvalue weighted by Crippen LogP contribution is 2.29. The molecule has 8 heteroatoms. The van der Waals surface area contributed by atoms with Crippen LogP contribution in [0.4, 0.5) is 0 Å². The molecule has 0 saturated carbocycles. The molecule has 1 spiro atoms. The molecule has 1 atom stereocenters. The van der Waals surface area contributed by atoms with E-state index in [1.165, 1.54) is 5.56 Å². The second-order valence-electron chi connectivity index (χ2n) is 8.90. The Morgan fingerprint density at radius 1 is 1.09 bits per heavy atom. The van der Waals surface area contributed by atoms with Gasteiger partial charge in [-0.2, -0.15) is 0 Å². The van der Waals surface area contributed by atoms with Crippen LogP contribution in [0.2, 0.25) is 5.02 Å². The van der Waals surface area contributed by atoms with Crippen LogP contribution in [-0.4, -0.2) is 60.1 Å². The number of hydrogen-bond donors (Lipinski definition) is 2. The summed E-state index contributed by atoms with van der Waals surface area (Å²) in [5, 5.41) is 4.46. The molecule has 2 aromatic carbocycles. The van der Waals surface area contributed by atoms with Crippen LogP contribution in [0.5, 0.6) is 5.75 Å². The number of hydrogen-bond acceptors (Lipinski definition) is 4. The van der Waals surface area contributed by atoms with Crippen LogP contribution in [0.3, 0.4) is 0 Å². The maximum absolute atomic E-state index is 13.4. The van der Waals surface area contributed by atoms with Crippen molar-refractivity contribution in [3.63, 3.8) is 0 Å². The lowest BCUT2D eigenvalue weighted by molar-refractivity contribution is -0.159. The summed E-state index contributed by atoms with van der Waals surface area (Å²) < 4.78 is 12.0. The Hall–Kier alpha value is -3.03. The minimum absolute atomic E-state index is 0.147. The SMILES string of the molecule is O=C(c1cc2cc(Cl)ccc2[nH]1)N1CCOC2(CCCCc3ccccc3OCCNC2=O)C1. The van der Waals surface area contributed by atoms with Gasteiger partial charge in [0.15, 0.2) is 5.60 Å². The molecule has 3 aromatic rings. The van der Waals surface area contributed by atoms with Gasteiger partial charge in [0.2, 0.25) is 0 Å². The molecule has 7 nitrogen and oxygen atoms in total.